The number of nitrogens with zero attached hydrogens (tertiary/aromatic N) is 7. The molecule has 3 heterocycles. The highest BCUT2D eigenvalue weighted by molar-refractivity contribution is 5.83. The number of fused-ring (bicyclic) bond motifs is 1. The van der Waals surface area contributed by atoms with Crippen LogP contribution in [0.5, 0.6) is 0 Å². The summed E-state index contributed by atoms with van der Waals surface area (Å²) in [7, 11) is 0. The summed E-state index contributed by atoms with van der Waals surface area (Å²) in [5.41, 5.74) is 1.36. The maximum Gasteiger partial charge on any atom is 0.271 e. The van der Waals surface area contributed by atoms with E-state index in [0.717, 1.165) is 83.5 Å². The normalized spacial score (nSPS) is 18.6. The van der Waals surface area contributed by atoms with Crippen molar-refractivity contribution in [3.8, 4) is 0 Å². The molecule has 168 valence electrons. The Bertz CT molecular complexity index is 906. The third-order valence-corrected chi connectivity index (χ3v) is 6.25. The number of hydrogen-bond acceptors (Lipinski definition) is 8. The lowest BCUT2D eigenvalue weighted by Crippen LogP contribution is -2.49. The van der Waals surface area contributed by atoms with Gasteiger partial charge in [-0.2, -0.15) is 0 Å². The average Bonchev–Trinajstić information content (AvgIpc) is 2.79. The lowest BCUT2D eigenvalue weighted by Gasteiger charge is -2.39. The maximum atomic E-state index is 11.3. The standard InChI is InChI=1S/C22H33N7O2/c1-3-7-25-9-13-27(14-10-25)21-22(28-15-11-26(8-4-2)12-16-28)24-20-17-18(29(30)31)5-6-19(20)23-21/h5-6,17H,3-4,7-16H2,1-2H3. The van der Waals surface area contributed by atoms with Crippen molar-refractivity contribution in [2.24, 2.45) is 0 Å². The number of benzene rings is 1. The Morgan fingerprint density at radius 3 is 1.74 bits per heavy atom. The van der Waals surface area contributed by atoms with Gasteiger partial charge in [-0.1, -0.05) is 13.8 Å². The molecule has 0 radical (unpaired) electrons. The molecule has 0 N–H and O–H groups in total. The fourth-order valence-electron chi connectivity index (χ4n) is 4.56. The summed E-state index contributed by atoms with van der Waals surface area (Å²) in [6.45, 7) is 14.4. The van der Waals surface area contributed by atoms with E-state index in [1.165, 1.54) is 12.5 Å². The molecular weight excluding hydrogens is 394 g/mol. The van der Waals surface area contributed by atoms with Crippen molar-refractivity contribution < 1.29 is 4.92 Å². The summed E-state index contributed by atoms with van der Waals surface area (Å²) in [6, 6.07) is 4.78. The van der Waals surface area contributed by atoms with Gasteiger partial charge in [0.15, 0.2) is 11.6 Å². The fourth-order valence-corrected chi connectivity index (χ4v) is 4.56. The number of nitro benzene ring substituents is 1. The number of hydrogen-bond donors (Lipinski definition) is 0. The number of rotatable bonds is 7. The van der Waals surface area contributed by atoms with Gasteiger partial charge in [0, 0.05) is 64.5 Å². The van der Waals surface area contributed by atoms with Crippen molar-refractivity contribution in [3.63, 3.8) is 0 Å². The SMILES string of the molecule is CCCN1CCN(c2nc3ccc([N+](=O)[O-])cc3nc2N2CCN(CCC)CC2)CC1. The van der Waals surface area contributed by atoms with Gasteiger partial charge in [0.25, 0.3) is 5.69 Å². The highest BCUT2D eigenvalue weighted by Gasteiger charge is 2.26. The molecule has 2 aliphatic heterocycles. The fraction of sp³-hybridized carbons (Fsp3) is 0.636. The first-order valence-corrected chi connectivity index (χ1v) is 11.5. The highest BCUT2D eigenvalue weighted by atomic mass is 16.6. The number of piperazine rings is 2. The Balaban J connectivity index is 1.65. The van der Waals surface area contributed by atoms with Crippen LogP contribution in [0, 0.1) is 10.1 Å². The quantitative estimate of drug-likeness (QED) is 0.493. The van der Waals surface area contributed by atoms with Crippen LogP contribution in [-0.2, 0) is 0 Å². The molecule has 9 nitrogen and oxygen atoms in total. The third kappa shape index (κ3) is 4.88. The van der Waals surface area contributed by atoms with Crippen LogP contribution in [0.3, 0.4) is 0 Å². The van der Waals surface area contributed by atoms with Crippen LogP contribution < -0.4 is 9.80 Å². The molecule has 9 heteroatoms. The Morgan fingerprint density at radius 1 is 0.806 bits per heavy atom. The predicted molar refractivity (Wildman–Crippen MR) is 124 cm³/mol. The molecule has 2 aromatic rings. The topological polar surface area (TPSA) is 81.9 Å². The minimum absolute atomic E-state index is 0.0569. The van der Waals surface area contributed by atoms with Crippen LogP contribution in [0.15, 0.2) is 18.2 Å². The van der Waals surface area contributed by atoms with E-state index < -0.39 is 0 Å². The smallest absolute Gasteiger partial charge is 0.271 e. The van der Waals surface area contributed by atoms with Gasteiger partial charge in [0.2, 0.25) is 0 Å². The van der Waals surface area contributed by atoms with E-state index in [1.54, 1.807) is 12.1 Å². The van der Waals surface area contributed by atoms with E-state index in [0.29, 0.717) is 11.0 Å². The average molecular weight is 428 g/mol. The van der Waals surface area contributed by atoms with Crippen LogP contribution in [0.2, 0.25) is 0 Å². The van der Waals surface area contributed by atoms with Crippen molar-refractivity contribution in [1.82, 2.24) is 19.8 Å². The Kier molecular flexibility index (Phi) is 6.82. The van der Waals surface area contributed by atoms with Gasteiger partial charge in [-0.15, -0.1) is 0 Å². The predicted octanol–water partition coefficient (Wildman–Crippen LogP) is 2.60. The maximum absolute atomic E-state index is 11.3. The zero-order chi connectivity index (χ0) is 21.8. The summed E-state index contributed by atoms with van der Waals surface area (Å²) < 4.78 is 0. The van der Waals surface area contributed by atoms with E-state index in [1.807, 2.05) is 0 Å². The highest BCUT2D eigenvalue weighted by Crippen LogP contribution is 2.31. The molecule has 2 saturated heterocycles. The number of non-ortho nitro benzene ring substituents is 1. The summed E-state index contributed by atoms with van der Waals surface area (Å²) in [4.78, 5) is 30.4. The van der Waals surface area contributed by atoms with Crippen molar-refractivity contribution in [2.75, 3.05) is 75.2 Å². The largest absolute Gasteiger partial charge is 0.351 e. The van der Waals surface area contributed by atoms with Crippen LogP contribution in [0.1, 0.15) is 26.7 Å². The molecule has 0 saturated carbocycles. The first-order chi connectivity index (χ1) is 15.1. The Labute approximate surface area is 183 Å². The first-order valence-electron chi connectivity index (χ1n) is 11.5. The van der Waals surface area contributed by atoms with Gasteiger partial charge in [-0.3, -0.25) is 19.9 Å². The molecule has 0 spiro atoms. The van der Waals surface area contributed by atoms with Gasteiger partial charge in [-0.25, -0.2) is 9.97 Å². The molecule has 0 aliphatic carbocycles. The molecule has 2 fully saturated rings. The van der Waals surface area contributed by atoms with Gasteiger partial charge in [0.05, 0.1) is 16.0 Å². The zero-order valence-corrected chi connectivity index (χ0v) is 18.7. The molecule has 1 aromatic carbocycles. The van der Waals surface area contributed by atoms with Gasteiger partial charge >= 0.3 is 0 Å². The monoisotopic (exact) mass is 427 g/mol. The molecule has 1 aromatic heterocycles. The molecule has 31 heavy (non-hydrogen) atoms. The van der Waals surface area contributed by atoms with Crippen LogP contribution >= 0.6 is 0 Å². The number of nitro groups is 1. The van der Waals surface area contributed by atoms with Crippen LogP contribution in [0.4, 0.5) is 17.3 Å². The minimum Gasteiger partial charge on any atom is -0.351 e. The minimum atomic E-state index is -0.370. The van der Waals surface area contributed by atoms with E-state index in [4.69, 9.17) is 9.97 Å². The molecule has 0 amide bonds. The molecular formula is C22H33N7O2. The van der Waals surface area contributed by atoms with Gasteiger partial charge < -0.3 is 9.80 Å². The number of anilines is 2. The van der Waals surface area contributed by atoms with Gasteiger partial charge in [0.1, 0.15) is 0 Å². The molecule has 0 bridgehead atoms. The first kappa shape index (κ1) is 21.7. The molecule has 0 unspecified atom stereocenters. The van der Waals surface area contributed by atoms with Crippen LogP contribution in [-0.4, -0.2) is 90.1 Å². The number of aromatic nitrogens is 2. The second kappa shape index (κ2) is 9.74. The zero-order valence-electron chi connectivity index (χ0n) is 18.7. The van der Waals surface area contributed by atoms with E-state index >= 15 is 0 Å². The molecule has 4 rings (SSSR count). The molecule has 2 aliphatic rings. The third-order valence-electron chi connectivity index (χ3n) is 6.25. The molecule has 0 atom stereocenters. The Morgan fingerprint density at radius 2 is 1.29 bits per heavy atom. The summed E-state index contributed by atoms with van der Waals surface area (Å²) in [5, 5.41) is 11.3. The Hall–Kier alpha value is -2.52. The summed E-state index contributed by atoms with van der Waals surface area (Å²) in [5.74, 6) is 1.79. The second-order valence-electron chi connectivity index (χ2n) is 8.46. The van der Waals surface area contributed by atoms with Crippen molar-refractivity contribution in [1.29, 1.82) is 0 Å². The summed E-state index contributed by atoms with van der Waals surface area (Å²) >= 11 is 0. The van der Waals surface area contributed by atoms with Gasteiger partial charge in [-0.05, 0) is 32.0 Å². The second-order valence-corrected chi connectivity index (χ2v) is 8.46. The van der Waals surface area contributed by atoms with E-state index in [-0.39, 0.29) is 10.6 Å². The lowest BCUT2D eigenvalue weighted by atomic mass is 10.2. The van der Waals surface area contributed by atoms with Crippen LogP contribution in [0.25, 0.3) is 11.0 Å². The van der Waals surface area contributed by atoms with E-state index in [9.17, 15) is 10.1 Å². The van der Waals surface area contributed by atoms with Crippen molar-refractivity contribution in [3.05, 3.63) is 28.3 Å². The summed E-state index contributed by atoms with van der Waals surface area (Å²) in [6.07, 6.45) is 2.33. The van der Waals surface area contributed by atoms with Crippen molar-refractivity contribution in [2.45, 2.75) is 26.7 Å². The van der Waals surface area contributed by atoms with E-state index in [2.05, 4.69) is 33.4 Å². The lowest BCUT2D eigenvalue weighted by molar-refractivity contribution is -0.384. The van der Waals surface area contributed by atoms with Crippen molar-refractivity contribution >= 4 is 28.4 Å².